The molecule has 12 rings (SSSR count). The van der Waals surface area contributed by atoms with Gasteiger partial charge in [-0.15, -0.1) is 0 Å². The number of amides is 4. The van der Waals surface area contributed by atoms with Gasteiger partial charge in [0.1, 0.15) is 23.0 Å². The van der Waals surface area contributed by atoms with Crippen molar-refractivity contribution in [1.82, 2.24) is 19.6 Å². The van der Waals surface area contributed by atoms with Crippen LogP contribution < -0.4 is 18.9 Å². The lowest BCUT2D eigenvalue weighted by atomic mass is 9.86. The van der Waals surface area contributed by atoms with Crippen LogP contribution in [0.1, 0.15) is 323 Å². The minimum atomic E-state index is -2.12. The number of rotatable bonds is 44. The fourth-order valence-electron chi connectivity index (χ4n) is 15.3. The molecule has 21 heteroatoms. The number of carboxylic acid groups (broad SMARTS) is 4. The van der Waals surface area contributed by atoms with E-state index in [0.29, 0.717) is 154 Å². The summed E-state index contributed by atoms with van der Waals surface area (Å²) < 4.78 is 81.9. The van der Waals surface area contributed by atoms with Gasteiger partial charge in [0, 0.05) is 160 Å². The maximum atomic E-state index is 13.5. The van der Waals surface area contributed by atoms with E-state index < -0.39 is 72.8 Å². The molecule has 138 heavy (non-hydrogen) atoms. The van der Waals surface area contributed by atoms with Crippen molar-refractivity contribution in [2.45, 2.75) is 279 Å². The van der Waals surface area contributed by atoms with Crippen LogP contribution >= 0.6 is 0 Å². The molecule has 3 aliphatic carbocycles. The highest BCUT2D eigenvalue weighted by Crippen LogP contribution is 2.32. The van der Waals surface area contributed by atoms with Gasteiger partial charge in [0.15, 0.2) is 0 Å². The molecule has 732 valence electrons. The average molecular weight is 1880 g/mol. The summed E-state index contributed by atoms with van der Waals surface area (Å²) in [7, 11) is 0. The molecule has 0 radical (unpaired) electrons. The molecular weight excluding hydrogens is 1730 g/mol. The molecule has 1 aliphatic heterocycles. The van der Waals surface area contributed by atoms with Crippen LogP contribution in [0.5, 0.6) is 23.0 Å². The predicted molar refractivity (Wildman–Crippen MR) is 541 cm³/mol. The van der Waals surface area contributed by atoms with Crippen molar-refractivity contribution in [3.8, 4) is 70.4 Å². The summed E-state index contributed by atoms with van der Waals surface area (Å²) in [6, 6.07) is 54.3. The number of carbonyl (C=O) groups excluding carboxylic acids is 4. The minimum absolute atomic E-state index is 0.124. The van der Waals surface area contributed by atoms with Crippen LogP contribution in [0.25, 0.3) is 0 Å². The zero-order valence-electron chi connectivity index (χ0n) is 87.6. The second kappa shape index (κ2) is 59.8. The van der Waals surface area contributed by atoms with Crippen LogP contribution in [0, 0.1) is 71.0 Å². The number of aliphatic carboxylic acids is 4. The minimum Gasteiger partial charge on any atom is -0.493 e. The maximum absolute atomic E-state index is 13.5. The van der Waals surface area contributed by atoms with E-state index in [2.05, 4.69) is 47.4 Å². The van der Waals surface area contributed by atoms with Gasteiger partial charge in [-0.2, -0.15) is 0 Å². The van der Waals surface area contributed by atoms with Crippen molar-refractivity contribution >= 4 is 47.5 Å². The molecule has 3 saturated carbocycles. The standard InChI is InChI=1S/2C30H37NO4.C29H35NO4.C28H33NO5/c2*1-23(2)31(22-27-12-7-8-13-28(27)35-21-9-3-4-14-29(32)33)30(34)26-19-17-25(18-20-26)16-15-24-10-5-6-11-24;1-22(2)30(29(33)25-18-16-24(17-19-25)15-14-23-9-8-10-23)21-26-11-5-6-12-27(26)34-20-7-3-4-13-28(31)32;1-21(2)29(28(32)24-15-13-22(14-16-24)11-12-23-19-33-20-23)18-25-8-5-6-9-26(25)34-17-7-3-4-10-27(30)31/h2*7-8,12-13,17-20,23-24H,3-6,9-11,14,21-22H2,1-2H3,(H,32,33);5-6,11-12,16-19,22-23H,3-4,7-10,13,20-21H2,1-2H3,(H,31,32);5-6,8-9,13-16,21,23H,3-4,7,10,17-20H2,1-2H3,(H,30,31)/i23D;22D2;21D2;21D. The van der Waals surface area contributed by atoms with Crippen LogP contribution in [0.3, 0.4) is 0 Å². The van der Waals surface area contributed by atoms with Crippen molar-refractivity contribution < 1.29 is 90.7 Å². The van der Waals surface area contributed by atoms with Crippen molar-refractivity contribution in [1.29, 1.82) is 0 Å². The quantitative estimate of drug-likeness (QED) is 0.0204. The summed E-state index contributed by atoms with van der Waals surface area (Å²) in [5.74, 6) is 25.2. The summed E-state index contributed by atoms with van der Waals surface area (Å²) in [4.78, 5) is 102. The van der Waals surface area contributed by atoms with Crippen LogP contribution in [0.2, 0.25) is 0 Å². The number of hydrogen-bond acceptors (Lipinski definition) is 13. The second-order valence-corrected chi connectivity index (χ2v) is 36.1. The van der Waals surface area contributed by atoms with Crippen molar-refractivity contribution in [2.24, 2.45) is 23.7 Å². The highest BCUT2D eigenvalue weighted by molar-refractivity contribution is 5.96. The average Bonchev–Trinajstić information content (AvgIpc) is 0.884. The highest BCUT2D eigenvalue weighted by atomic mass is 16.5. The summed E-state index contributed by atoms with van der Waals surface area (Å²) in [6.07, 6.45) is 21.9. The van der Waals surface area contributed by atoms with Gasteiger partial charge in [-0.25, -0.2) is 0 Å². The largest absolute Gasteiger partial charge is 0.493 e. The van der Waals surface area contributed by atoms with Gasteiger partial charge in [0.2, 0.25) is 0 Å². The summed E-state index contributed by atoms with van der Waals surface area (Å²) in [6.45, 7) is 13.2. The lowest BCUT2D eigenvalue weighted by molar-refractivity contribution is -0.138. The lowest BCUT2D eigenvalue weighted by Crippen LogP contribution is -2.36. The molecule has 0 aromatic heterocycles. The summed E-state index contributed by atoms with van der Waals surface area (Å²) >= 11 is 0. The third-order valence-electron chi connectivity index (χ3n) is 23.7. The van der Waals surface area contributed by atoms with Gasteiger partial charge in [-0.1, -0.05) is 152 Å². The zero-order valence-corrected chi connectivity index (χ0v) is 81.6. The Morgan fingerprint density at radius 1 is 0.319 bits per heavy atom. The molecule has 4 fully saturated rings. The topological polar surface area (TPSA) is 277 Å². The van der Waals surface area contributed by atoms with Gasteiger partial charge in [-0.05, 0) is 292 Å². The van der Waals surface area contributed by atoms with Crippen molar-refractivity contribution in [3.63, 3.8) is 0 Å². The van der Waals surface area contributed by atoms with Gasteiger partial charge in [-0.3, -0.25) is 38.4 Å². The van der Waals surface area contributed by atoms with Gasteiger partial charge in [0.05, 0.1) is 53.8 Å². The Bertz CT molecular complexity index is 5750. The highest BCUT2D eigenvalue weighted by Gasteiger charge is 2.27. The molecule has 0 atom stereocenters. The van der Waals surface area contributed by atoms with Crippen LogP contribution in [0.15, 0.2) is 194 Å². The second-order valence-electron chi connectivity index (χ2n) is 36.1. The fourth-order valence-corrected chi connectivity index (χ4v) is 15.3. The molecule has 0 bridgehead atoms. The van der Waals surface area contributed by atoms with Crippen molar-refractivity contribution in [3.05, 3.63) is 261 Å². The number of nitrogens with zero attached hydrogens (tertiary/aromatic N) is 4. The predicted octanol–water partition coefficient (Wildman–Crippen LogP) is 23.3. The normalized spacial score (nSPS) is 14.2. The molecule has 1 saturated heterocycles. The van der Waals surface area contributed by atoms with E-state index >= 15 is 0 Å². The van der Waals surface area contributed by atoms with E-state index in [9.17, 15) is 38.4 Å². The molecule has 1 heterocycles. The van der Waals surface area contributed by atoms with Crippen LogP contribution in [-0.2, 0) is 50.0 Å². The smallest absolute Gasteiger partial charge is 0.303 e. The number of carboxylic acids is 4. The van der Waals surface area contributed by atoms with E-state index in [1.807, 2.05) is 97.1 Å². The number of unbranched alkanes of at least 4 members (excludes halogenated alkanes) is 8. The van der Waals surface area contributed by atoms with Gasteiger partial charge in [0.25, 0.3) is 23.6 Å². The first-order valence-electron chi connectivity index (χ1n) is 52.0. The van der Waals surface area contributed by atoms with E-state index in [4.69, 9.17) is 52.3 Å². The summed E-state index contributed by atoms with van der Waals surface area (Å²) in [5, 5.41) is 35.0. The third-order valence-corrected chi connectivity index (χ3v) is 23.7. The Hall–Kier alpha value is -13.1. The molecular formula is C117H142N4O17. The SMILES string of the molecule is [2H]C(C)(C)N(Cc1ccccc1OCCCCCC(=O)O)C(=O)c1ccc(C#CC2CCCC2)cc1.[2H]C(C)(C)N(Cc1ccccc1OCCCCCC(=O)O)C(=O)c1ccc(C#CC2COC2)cc1.[2H]C([2H])(c1ccccc1OCCCCCC(=O)O)N(C(=O)c1ccc(C#CC2CCC2)cc1)C(C)C.[2H]C([2H])(c1ccccc1OCCCCCC(=O)O)N(C(=O)c1ccc(C#CC2CCCC2)cc1)C(C)C. The molecule has 0 spiro atoms. The van der Waals surface area contributed by atoms with Crippen LogP contribution in [-0.4, -0.2) is 151 Å². The first-order chi connectivity index (χ1) is 68.9. The first-order valence-corrected chi connectivity index (χ1v) is 49.0. The maximum Gasteiger partial charge on any atom is 0.303 e. The van der Waals surface area contributed by atoms with Crippen LogP contribution in [0.4, 0.5) is 0 Å². The first kappa shape index (κ1) is 99.4. The van der Waals surface area contributed by atoms with E-state index in [0.717, 1.165) is 84.7 Å². The Kier molecular flexibility index (Phi) is 43.1. The monoisotopic (exact) mass is 1880 g/mol. The Balaban J connectivity index is 0.000000214. The third kappa shape index (κ3) is 38.8. The number of carbonyl (C=O) groups is 8. The molecule has 8 aromatic carbocycles. The molecule has 0 unspecified atom stereocenters. The number of para-hydroxylation sites is 4. The van der Waals surface area contributed by atoms with E-state index in [1.54, 1.807) is 157 Å². The molecule has 4 amide bonds. The number of benzene rings is 8. The Morgan fingerprint density at radius 3 is 0.790 bits per heavy atom. The Morgan fingerprint density at radius 2 is 0.558 bits per heavy atom. The summed E-state index contributed by atoms with van der Waals surface area (Å²) in [5.41, 5.74) is 7.47. The van der Waals surface area contributed by atoms with E-state index in [1.165, 1.54) is 59.6 Å². The molecule has 4 aliphatic rings. The zero-order chi connectivity index (χ0) is 104. The van der Waals surface area contributed by atoms with Crippen molar-refractivity contribution in [2.75, 3.05) is 39.6 Å². The molecule has 4 N–H and O–H groups in total. The van der Waals surface area contributed by atoms with E-state index in [-0.39, 0.29) is 67.6 Å². The molecule has 21 nitrogen and oxygen atoms in total. The molecule has 8 aromatic rings. The van der Waals surface area contributed by atoms with Gasteiger partial charge < -0.3 is 63.7 Å². The fraction of sp³-hybridized carbons (Fsp3) is 0.453. The number of ether oxygens (including phenoxy) is 5. The van der Waals surface area contributed by atoms with Gasteiger partial charge >= 0.3 is 23.9 Å². The lowest BCUT2D eigenvalue weighted by Gasteiger charge is -2.28. The number of hydrogen-bond donors (Lipinski definition) is 4. The Labute approximate surface area is 827 Å².